The normalized spacial score (nSPS) is 23.1. The zero-order valence-corrected chi connectivity index (χ0v) is 18.1. The van der Waals surface area contributed by atoms with E-state index in [1.807, 2.05) is 25.4 Å². The molecular weight excluding hydrogens is 356 g/mol. The number of rotatable bonds is 8. The van der Waals surface area contributed by atoms with Crippen LogP contribution >= 0.6 is 0 Å². The number of guanidine groups is 1. The van der Waals surface area contributed by atoms with Gasteiger partial charge < -0.3 is 10.6 Å². The highest BCUT2D eigenvalue weighted by atomic mass is 32.2. The van der Waals surface area contributed by atoms with Crippen LogP contribution in [0.25, 0.3) is 0 Å². The number of nitrogens with zero attached hydrogens (tertiary/aromatic N) is 2. The summed E-state index contributed by atoms with van der Waals surface area (Å²) >= 11 is 0. The molecule has 0 radical (unpaired) electrons. The summed E-state index contributed by atoms with van der Waals surface area (Å²) in [6, 6.07) is 4.49. The van der Waals surface area contributed by atoms with Crippen molar-refractivity contribution in [3.63, 3.8) is 0 Å². The van der Waals surface area contributed by atoms with E-state index in [9.17, 15) is 4.21 Å². The molecule has 5 nitrogen and oxygen atoms in total. The van der Waals surface area contributed by atoms with E-state index in [0.717, 1.165) is 50.5 Å². The van der Waals surface area contributed by atoms with Crippen LogP contribution in [-0.2, 0) is 10.8 Å². The van der Waals surface area contributed by atoms with E-state index in [0.29, 0.717) is 23.1 Å². The Morgan fingerprint density at radius 3 is 2.81 bits per heavy atom. The van der Waals surface area contributed by atoms with Gasteiger partial charge in [0.25, 0.3) is 0 Å². The molecule has 0 bridgehead atoms. The Balaban J connectivity index is 2.03. The number of hydrogen-bond donors (Lipinski definition) is 2. The summed E-state index contributed by atoms with van der Waals surface area (Å²) in [5, 5.41) is 7.30. The van der Waals surface area contributed by atoms with Crippen LogP contribution in [0.4, 0.5) is 0 Å². The van der Waals surface area contributed by atoms with Crippen molar-refractivity contribution in [2.75, 3.05) is 18.8 Å². The predicted octanol–water partition coefficient (Wildman–Crippen LogP) is 3.46. The molecule has 0 aliphatic heterocycles. The lowest BCUT2D eigenvalue weighted by Crippen LogP contribution is -2.46. The molecule has 4 atom stereocenters. The lowest BCUT2D eigenvalue weighted by molar-refractivity contribution is 0.413. The Kier molecular flexibility index (Phi) is 9.25. The number of pyridine rings is 1. The van der Waals surface area contributed by atoms with Gasteiger partial charge in [0, 0.05) is 59.2 Å². The van der Waals surface area contributed by atoms with Crippen LogP contribution in [0.15, 0.2) is 29.5 Å². The third-order valence-corrected chi connectivity index (χ3v) is 7.07. The summed E-state index contributed by atoms with van der Waals surface area (Å²) in [5.41, 5.74) is 1.24. The largest absolute Gasteiger partial charge is 0.357 e. The second-order valence-electron chi connectivity index (χ2n) is 7.66. The standard InChI is InChI=1S/C21H36N4OS/c1-5-23-21(25-18-10-7-11-19(13-18)27(26)6-2)24-15-20(16(3)4)17-9-8-12-22-14-17/h8-9,12,14,16,18-20H,5-7,10-11,13,15H2,1-4H3,(H2,23,24,25). The molecule has 2 N–H and O–H groups in total. The van der Waals surface area contributed by atoms with Crippen molar-refractivity contribution < 1.29 is 4.21 Å². The fourth-order valence-corrected chi connectivity index (χ4v) is 5.10. The molecule has 1 saturated carbocycles. The third kappa shape index (κ3) is 6.91. The molecule has 27 heavy (non-hydrogen) atoms. The first-order valence-electron chi connectivity index (χ1n) is 10.4. The van der Waals surface area contributed by atoms with E-state index in [1.54, 1.807) is 0 Å². The Labute approximate surface area is 167 Å². The SMILES string of the molecule is CCNC(=NCC(c1cccnc1)C(C)C)NC1CCCC(S(=O)CC)C1. The molecule has 152 valence electrons. The number of aliphatic imine (C=N–C) groups is 1. The van der Waals surface area contributed by atoms with Gasteiger partial charge in [0.05, 0.1) is 0 Å². The van der Waals surface area contributed by atoms with Crippen LogP contribution in [0.1, 0.15) is 64.9 Å². The Morgan fingerprint density at radius 1 is 1.37 bits per heavy atom. The molecule has 0 spiro atoms. The highest BCUT2D eigenvalue weighted by Gasteiger charge is 2.26. The second-order valence-corrected chi connectivity index (χ2v) is 9.66. The van der Waals surface area contributed by atoms with Gasteiger partial charge in [-0.15, -0.1) is 0 Å². The first-order chi connectivity index (χ1) is 13.0. The fourth-order valence-electron chi connectivity index (χ4n) is 3.75. The number of nitrogens with one attached hydrogen (secondary N) is 2. The van der Waals surface area contributed by atoms with Crippen LogP contribution < -0.4 is 10.6 Å². The number of aromatic nitrogens is 1. The maximum Gasteiger partial charge on any atom is 0.191 e. The van der Waals surface area contributed by atoms with Crippen molar-refractivity contribution in [3.05, 3.63) is 30.1 Å². The van der Waals surface area contributed by atoms with Gasteiger partial charge in [-0.1, -0.05) is 33.3 Å². The Morgan fingerprint density at radius 2 is 2.19 bits per heavy atom. The van der Waals surface area contributed by atoms with Gasteiger partial charge in [0.2, 0.25) is 0 Å². The molecule has 1 aliphatic rings. The summed E-state index contributed by atoms with van der Waals surface area (Å²) in [6.07, 6.45) is 8.08. The van der Waals surface area contributed by atoms with Crippen molar-refractivity contribution >= 4 is 16.8 Å². The van der Waals surface area contributed by atoms with Gasteiger partial charge in [-0.3, -0.25) is 14.2 Å². The smallest absolute Gasteiger partial charge is 0.191 e. The summed E-state index contributed by atoms with van der Waals surface area (Å²) in [5.74, 6) is 2.47. The monoisotopic (exact) mass is 392 g/mol. The van der Waals surface area contributed by atoms with E-state index in [1.165, 1.54) is 5.56 Å². The molecule has 2 rings (SSSR count). The fraction of sp³-hybridized carbons (Fsp3) is 0.714. The minimum atomic E-state index is -0.702. The van der Waals surface area contributed by atoms with Crippen molar-refractivity contribution in [2.24, 2.45) is 10.9 Å². The Hall–Kier alpha value is -1.43. The molecule has 0 amide bonds. The van der Waals surface area contributed by atoms with Gasteiger partial charge >= 0.3 is 0 Å². The first-order valence-corrected chi connectivity index (χ1v) is 11.7. The maximum atomic E-state index is 12.2. The minimum absolute atomic E-state index is 0.322. The minimum Gasteiger partial charge on any atom is -0.357 e. The summed E-state index contributed by atoms with van der Waals surface area (Å²) in [7, 11) is -0.702. The zero-order chi connectivity index (χ0) is 19.6. The molecule has 6 heteroatoms. The van der Waals surface area contributed by atoms with Crippen molar-refractivity contribution in [1.29, 1.82) is 0 Å². The summed E-state index contributed by atoms with van der Waals surface area (Å²) < 4.78 is 12.2. The van der Waals surface area contributed by atoms with Gasteiger partial charge in [0.1, 0.15) is 0 Å². The molecule has 0 saturated heterocycles. The molecule has 4 unspecified atom stereocenters. The molecule has 1 aromatic heterocycles. The second kappa shape index (κ2) is 11.4. The lowest BCUT2D eigenvalue weighted by Gasteiger charge is -2.30. The van der Waals surface area contributed by atoms with Crippen LogP contribution in [0, 0.1) is 5.92 Å². The van der Waals surface area contributed by atoms with Gasteiger partial charge in [-0.25, -0.2) is 0 Å². The summed E-state index contributed by atoms with van der Waals surface area (Å²) in [6.45, 7) is 10.1. The molecule has 1 heterocycles. The van der Waals surface area contributed by atoms with Gasteiger partial charge in [0.15, 0.2) is 5.96 Å². The highest BCUT2D eigenvalue weighted by Crippen LogP contribution is 2.25. The maximum absolute atomic E-state index is 12.2. The highest BCUT2D eigenvalue weighted by molar-refractivity contribution is 7.85. The zero-order valence-electron chi connectivity index (χ0n) is 17.3. The van der Waals surface area contributed by atoms with E-state index in [4.69, 9.17) is 4.99 Å². The average Bonchev–Trinajstić information content (AvgIpc) is 2.68. The molecular formula is C21H36N4OS. The van der Waals surface area contributed by atoms with Crippen molar-refractivity contribution in [3.8, 4) is 0 Å². The van der Waals surface area contributed by atoms with Crippen LogP contribution in [0.2, 0.25) is 0 Å². The van der Waals surface area contributed by atoms with Gasteiger partial charge in [-0.2, -0.15) is 0 Å². The summed E-state index contributed by atoms with van der Waals surface area (Å²) in [4.78, 5) is 9.16. The Bertz CT molecular complexity index is 605. The van der Waals surface area contributed by atoms with Crippen LogP contribution in [-0.4, -0.2) is 45.3 Å². The van der Waals surface area contributed by atoms with Gasteiger partial charge in [-0.05, 0) is 43.7 Å². The van der Waals surface area contributed by atoms with Crippen LogP contribution in [0.5, 0.6) is 0 Å². The predicted molar refractivity (Wildman–Crippen MR) is 116 cm³/mol. The van der Waals surface area contributed by atoms with E-state index in [-0.39, 0.29) is 0 Å². The topological polar surface area (TPSA) is 66.4 Å². The molecule has 1 aromatic rings. The molecule has 1 aliphatic carbocycles. The average molecular weight is 393 g/mol. The molecule has 1 fully saturated rings. The lowest BCUT2D eigenvalue weighted by atomic mass is 9.89. The first kappa shape index (κ1) is 21.9. The van der Waals surface area contributed by atoms with E-state index >= 15 is 0 Å². The van der Waals surface area contributed by atoms with Crippen molar-refractivity contribution in [1.82, 2.24) is 15.6 Å². The molecule has 0 aromatic carbocycles. The van der Waals surface area contributed by atoms with Crippen LogP contribution in [0.3, 0.4) is 0 Å². The quantitative estimate of drug-likeness (QED) is 0.525. The van der Waals surface area contributed by atoms with E-state index in [2.05, 4.69) is 42.5 Å². The third-order valence-electron chi connectivity index (χ3n) is 5.33. The van der Waals surface area contributed by atoms with E-state index < -0.39 is 10.8 Å². The number of hydrogen-bond acceptors (Lipinski definition) is 3. The van der Waals surface area contributed by atoms with Crippen molar-refractivity contribution in [2.45, 2.75) is 70.6 Å².